The van der Waals surface area contributed by atoms with Crippen LogP contribution in [-0.4, -0.2) is 21.3 Å². The summed E-state index contributed by atoms with van der Waals surface area (Å²) in [6.07, 6.45) is -0.0737. The second kappa shape index (κ2) is 8.05. The van der Waals surface area contributed by atoms with Crippen LogP contribution in [0.1, 0.15) is 30.7 Å². The summed E-state index contributed by atoms with van der Waals surface area (Å²) in [5.74, 6) is -0.296. The van der Waals surface area contributed by atoms with E-state index in [9.17, 15) is 9.50 Å². The Labute approximate surface area is 146 Å². The van der Waals surface area contributed by atoms with Gasteiger partial charge in [0, 0.05) is 23.8 Å². The molecule has 2 aromatic carbocycles. The number of halogens is 1. The fraction of sp³-hybridized carbons (Fsp3) is 0.250. The number of aliphatic hydroxyl groups is 1. The van der Waals surface area contributed by atoms with Crippen LogP contribution in [0, 0.1) is 5.82 Å². The largest absolute Gasteiger partial charge is 0.388 e. The average molecular weight is 339 g/mol. The lowest BCUT2D eigenvalue weighted by molar-refractivity contribution is 0.153. The standard InChI is InChI=1S/C20H22FN3O/c1-14(11-20(25)16-7-9-17(21)10-8-16)22-13-18-12-19(24-23-18)15-5-3-2-4-6-15/h2-10,12,14,20,22,25H,11,13H2,1H3,(H,23,24). The molecule has 4 nitrogen and oxygen atoms in total. The van der Waals surface area contributed by atoms with Gasteiger partial charge in [-0.3, -0.25) is 5.10 Å². The number of hydrogen-bond acceptors (Lipinski definition) is 3. The molecule has 1 aromatic heterocycles. The summed E-state index contributed by atoms with van der Waals surface area (Å²) in [5, 5.41) is 21.0. The summed E-state index contributed by atoms with van der Waals surface area (Å²) in [5.41, 5.74) is 3.70. The maximum absolute atomic E-state index is 12.9. The summed E-state index contributed by atoms with van der Waals surface area (Å²) >= 11 is 0. The fourth-order valence-electron chi connectivity index (χ4n) is 2.73. The molecule has 0 radical (unpaired) electrons. The van der Waals surface area contributed by atoms with Crippen molar-refractivity contribution in [1.29, 1.82) is 0 Å². The number of aromatic nitrogens is 2. The highest BCUT2D eigenvalue weighted by atomic mass is 19.1. The van der Waals surface area contributed by atoms with E-state index in [1.165, 1.54) is 12.1 Å². The first-order chi connectivity index (χ1) is 12.1. The Kier molecular flexibility index (Phi) is 5.58. The van der Waals surface area contributed by atoms with Crippen LogP contribution in [0.2, 0.25) is 0 Å². The fourth-order valence-corrected chi connectivity index (χ4v) is 2.73. The summed E-state index contributed by atoms with van der Waals surface area (Å²) in [7, 11) is 0. The maximum Gasteiger partial charge on any atom is 0.123 e. The number of rotatable bonds is 7. The van der Waals surface area contributed by atoms with Crippen LogP contribution in [0.4, 0.5) is 4.39 Å². The normalized spacial score (nSPS) is 13.6. The van der Waals surface area contributed by atoms with Gasteiger partial charge in [0.15, 0.2) is 0 Å². The number of nitrogens with one attached hydrogen (secondary N) is 2. The predicted octanol–water partition coefficient (Wildman–Crippen LogP) is 3.82. The van der Waals surface area contributed by atoms with E-state index in [-0.39, 0.29) is 11.9 Å². The maximum atomic E-state index is 12.9. The molecule has 0 saturated heterocycles. The average Bonchev–Trinajstić information content (AvgIpc) is 3.10. The molecule has 3 aromatic rings. The minimum Gasteiger partial charge on any atom is -0.388 e. The Morgan fingerprint density at radius 3 is 2.56 bits per heavy atom. The molecule has 130 valence electrons. The van der Waals surface area contributed by atoms with E-state index in [2.05, 4.69) is 15.5 Å². The van der Waals surface area contributed by atoms with Crippen molar-refractivity contribution in [2.24, 2.45) is 0 Å². The van der Waals surface area contributed by atoms with Crippen LogP contribution >= 0.6 is 0 Å². The van der Waals surface area contributed by atoms with Crippen molar-refractivity contribution in [2.45, 2.75) is 32.0 Å². The first kappa shape index (κ1) is 17.3. The van der Waals surface area contributed by atoms with Gasteiger partial charge in [-0.1, -0.05) is 42.5 Å². The Morgan fingerprint density at radius 1 is 1.12 bits per heavy atom. The predicted molar refractivity (Wildman–Crippen MR) is 96.3 cm³/mol. The van der Waals surface area contributed by atoms with Crippen molar-refractivity contribution in [3.63, 3.8) is 0 Å². The second-order valence-corrected chi connectivity index (χ2v) is 6.23. The topological polar surface area (TPSA) is 60.9 Å². The first-order valence-corrected chi connectivity index (χ1v) is 8.38. The third-order valence-electron chi connectivity index (χ3n) is 4.17. The molecule has 1 heterocycles. The summed E-state index contributed by atoms with van der Waals surface area (Å²) in [6.45, 7) is 2.65. The molecule has 0 aliphatic heterocycles. The molecule has 0 fully saturated rings. The molecule has 25 heavy (non-hydrogen) atoms. The molecule has 3 rings (SSSR count). The zero-order valence-corrected chi connectivity index (χ0v) is 14.1. The number of H-pyrrole nitrogens is 1. The number of nitrogens with zero attached hydrogens (tertiary/aromatic N) is 1. The van der Waals surface area contributed by atoms with E-state index in [4.69, 9.17) is 0 Å². The van der Waals surface area contributed by atoms with Gasteiger partial charge in [0.25, 0.3) is 0 Å². The van der Waals surface area contributed by atoms with Crippen LogP contribution in [0.5, 0.6) is 0 Å². The Hall–Kier alpha value is -2.50. The van der Waals surface area contributed by atoms with Gasteiger partial charge in [-0.25, -0.2) is 4.39 Å². The van der Waals surface area contributed by atoms with Crippen LogP contribution < -0.4 is 5.32 Å². The van der Waals surface area contributed by atoms with E-state index in [0.717, 1.165) is 22.5 Å². The lowest BCUT2D eigenvalue weighted by Crippen LogP contribution is -2.27. The third kappa shape index (κ3) is 4.75. The summed E-state index contributed by atoms with van der Waals surface area (Å²) in [4.78, 5) is 0. The lowest BCUT2D eigenvalue weighted by Gasteiger charge is -2.18. The van der Waals surface area contributed by atoms with Gasteiger partial charge >= 0.3 is 0 Å². The van der Waals surface area contributed by atoms with E-state index in [1.807, 2.05) is 43.3 Å². The van der Waals surface area contributed by atoms with Crippen LogP contribution in [0.25, 0.3) is 11.3 Å². The molecule has 2 unspecified atom stereocenters. The lowest BCUT2D eigenvalue weighted by atomic mass is 10.0. The molecule has 2 atom stereocenters. The quantitative estimate of drug-likeness (QED) is 0.613. The third-order valence-corrected chi connectivity index (χ3v) is 4.17. The van der Waals surface area contributed by atoms with Crippen molar-refractivity contribution in [2.75, 3.05) is 0 Å². The minimum atomic E-state index is -0.621. The summed E-state index contributed by atoms with van der Waals surface area (Å²) in [6, 6.07) is 18.1. The highest BCUT2D eigenvalue weighted by Crippen LogP contribution is 2.19. The van der Waals surface area contributed by atoms with Gasteiger partial charge in [0.05, 0.1) is 11.8 Å². The SMILES string of the molecule is CC(CC(O)c1ccc(F)cc1)NCc1cc(-c2ccccc2)n[nH]1. The van der Waals surface area contributed by atoms with Crippen molar-refractivity contribution in [1.82, 2.24) is 15.5 Å². The Bertz CT molecular complexity index is 786. The smallest absolute Gasteiger partial charge is 0.123 e. The van der Waals surface area contributed by atoms with Gasteiger partial charge in [0.2, 0.25) is 0 Å². The second-order valence-electron chi connectivity index (χ2n) is 6.23. The molecule has 0 aliphatic carbocycles. The Morgan fingerprint density at radius 2 is 1.84 bits per heavy atom. The molecule has 0 saturated carbocycles. The molecule has 5 heteroatoms. The molecule has 3 N–H and O–H groups in total. The number of benzene rings is 2. The molecule has 0 aliphatic rings. The molecule has 0 amide bonds. The van der Waals surface area contributed by atoms with Crippen LogP contribution in [-0.2, 0) is 6.54 Å². The van der Waals surface area contributed by atoms with Gasteiger partial charge in [-0.15, -0.1) is 0 Å². The molecular weight excluding hydrogens is 317 g/mol. The Balaban J connectivity index is 1.51. The van der Waals surface area contributed by atoms with E-state index < -0.39 is 6.10 Å². The monoisotopic (exact) mass is 339 g/mol. The highest BCUT2D eigenvalue weighted by molar-refractivity contribution is 5.58. The van der Waals surface area contributed by atoms with Gasteiger partial charge in [0.1, 0.15) is 5.82 Å². The van der Waals surface area contributed by atoms with Crippen molar-refractivity contribution in [3.05, 3.63) is 77.7 Å². The van der Waals surface area contributed by atoms with Gasteiger partial charge in [-0.2, -0.15) is 5.10 Å². The zero-order chi connectivity index (χ0) is 17.6. The van der Waals surface area contributed by atoms with E-state index in [1.54, 1.807) is 12.1 Å². The zero-order valence-electron chi connectivity index (χ0n) is 14.1. The highest BCUT2D eigenvalue weighted by Gasteiger charge is 2.13. The van der Waals surface area contributed by atoms with Gasteiger partial charge in [-0.05, 0) is 37.1 Å². The summed E-state index contributed by atoms with van der Waals surface area (Å²) < 4.78 is 12.9. The van der Waals surface area contributed by atoms with Crippen molar-refractivity contribution in [3.8, 4) is 11.3 Å². The van der Waals surface area contributed by atoms with E-state index in [0.29, 0.717) is 13.0 Å². The van der Waals surface area contributed by atoms with Crippen molar-refractivity contribution >= 4 is 0 Å². The molecular formula is C20H22FN3O. The van der Waals surface area contributed by atoms with E-state index >= 15 is 0 Å². The van der Waals surface area contributed by atoms with Gasteiger partial charge < -0.3 is 10.4 Å². The van der Waals surface area contributed by atoms with Crippen LogP contribution in [0.15, 0.2) is 60.7 Å². The van der Waals surface area contributed by atoms with Crippen LogP contribution in [0.3, 0.4) is 0 Å². The molecule has 0 bridgehead atoms. The number of aliphatic hydroxyl groups excluding tert-OH is 1. The first-order valence-electron chi connectivity index (χ1n) is 8.38. The molecule has 0 spiro atoms. The number of hydrogen-bond donors (Lipinski definition) is 3. The minimum absolute atomic E-state index is 0.100. The van der Waals surface area contributed by atoms with Crippen molar-refractivity contribution < 1.29 is 9.50 Å². The number of aromatic amines is 1.